The van der Waals surface area contributed by atoms with Gasteiger partial charge >= 0.3 is 0 Å². The number of hydrogen-bond acceptors (Lipinski definition) is 2. The fraction of sp³-hybridized carbons (Fsp3) is 0.263. The van der Waals surface area contributed by atoms with Crippen LogP contribution < -0.4 is 10.6 Å². The van der Waals surface area contributed by atoms with Gasteiger partial charge in [0.2, 0.25) is 0 Å². The Kier molecular flexibility index (Phi) is 6.01. The van der Waals surface area contributed by atoms with Gasteiger partial charge in [-0.2, -0.15) is 0 Å². The van der Waals surface area contributed by atoms with Crippen molar-refractivity contribution in [1.82, 2.24) is 20.2 Å². The van der Waals surface area contributed by atoms with Gasteiger partial charge in [0.25, 0.3) is 0 Å². The molecule has 0 saturated carbocycles. The molecule has 7 heteroatoms. The molecule has 0 atom stereocenters. The van der Waals surface area contributed by atoms with Crippen molar-refractivity contribution in [3.63, 3.8) is 0 Å². The van der Waals surface area contributed by atoms with Crippen LogP contribution in [0.4, 0.5) is 0 Å². The second kappa shape index (κ2) is 8.43. The van der Waals surface area contributed by atoms with Crippen molar-refractivity contribution in [3.8, 4) is 0 Å². The molecule has 1 aromatic carbocycles. The molecular formula is C19H21Cl2N5. The van der Waals surface area contributed by atoms with E-state index in [1.165, 1.54) is 5.39 Å². The van der Waals surface area contributed by atoms with E-state index in [2.05, 4.69) is 32.7 Å². The Morgan fingerprint density at radius 2 is 2.00 bits per heavy atom. The monoisotopic (exact) mass is 389 g/mol. The average Bonchev–Trinajstić information content (AvgIpc) is 2.91. The topological polar surface area (TPSA) is 54.2 Å². The molecule has 2 aromatic heterocycles. The standard InChI is InChI=1S/C19H21Cl2N5/c1-3-22-19(24-11-14-10-16(20)18(21)26(14)2)25-12-17-15-7-5-4-6-13(15)8-9-23-17/h4-10H,3,11-12H2,1-2H3,(H2,22,24,25). The molecule has 0 bridgehead atoms. The summed E-state index contributed by atoms with van der Waals surface area (Å²) in [5.41, 5.74) is 1.93. The van der Waals surface area contributed by atoms with Crippen LogP contribution in [0.5, 0.6) is 0 Å². The third-order valence-corrected chi connectivity index (χ3v) is 4.98. The van der Waals surface area contributed by atoms with E-state index in [1.807, 2.05) is 49.0 Å². The van der Waals surface area contributed by atoms with Crippen LogP contribution in [0, 0.1) is 0 Å². The molecule has 2 heterocycles. The molecule has 0 saturated heterocycles. The molecule has 0 fully saturated rings. The maximum Gasteiger partial charge on any atom is 0.191 e. The molecule has 0 aliphatic rings. The zero-order valence-corrected chi connectivity index (χ0v) is 16.3. The van der Waals surface area contributed by atoms with E-state index in [-0.39, 0.29) is 0 Å². The Hall–Kier alpha value is -2.24. The molecule has 136 valence electrons. The molecule has 3 rings (SSSR count). The van der Waals surface area contributed by atoms with Gasteiger partial charge in [0.1, 0.15) is 5.15 Å². The first kappa shape index (κ1) is 18.5. The predicted molar refractivity (Wildman–Crippen MR) is 109 cm³/mol. The van der Waals surface area contributed by atoms with Crippen LogP contribution in [0.1, 0.15) is 18.3 Å². The smallest absolute Gasteiger partial charge is 0.191 e. The zero-order valence-electron chi connectivity index (χ0n) is 14.8. The normalized spacial score (nSPS) is 11.8. The van der Waals surface area contributed by atoms with E-state index < -0.39 is 0 Å². The Morgan fingerprint density at radius 3 is 2.73 bits per heavy atom. The Labute approximate surface area is 163 Å². The molecule has 0 spiro atoms. The molecule has 5 nitrogen and oxygen atoms in total. The van der Waals surface area contributed by atoms with E-state index in [0.29, 0.717) is 23.3 Å². The summed E-state index contributed by atoms with van der Waals surface area (Å²) in [7, 11) is 1.88. The molecule has 0 radical (unpaired) electrons. The second-order valence-electron chi connectivity index (χ2n) is 5.86. The van der Waals surface area contributed by atoms with Gasteiger partial charge in [0.05, 0.1) is 23.8 Å². The van der Waals surface area contributed by atoms with Crippen molar-refractivity contribution in [1.29, 1.82) is 0 Å². The number of nitrogens with zero attached hydrogens (tertiary/aromatic N) is 3. The lowest BCUT2D eigenvalue weighted by molar-refractivity contribution is 0.751. The maximum absolute atomic E-state index is 6.12. The van der Waals surface area contributed by atoms with Crippen LogP contribution in [-0.4, -0.2) is 22.1 Å². The fourth-order valence-electron chi connectivity index (χ4n) is 2.74. The number of nitrogens with one attached hydrogen (secondary N) is 2. The third kappa shape index (κ3) is 4.11. The van der Waals surface area contributed by atoms with Gasteiger partial charge in [-0.3, -0.25) is 4.98 Å². The molecule has 3 aromatic rings. The summed E-state index contributed by atoms with van der Waals surface area (Å²) >= 11 is 12.2. The largest absolute Gasteiger partial charge is 0.357 e. The first-order valence-corrected chi connectivity index (χ1v) is 9.20. The van der Waals surface area contributed by atoms with Gasteiger partial charge in [-0.15, -0.1) is 0 Å². The highest BCUT2D eigenvalue weighted by molar-refractivity contribution is 6.41. The Bertz CT molecular complexity index is 928. The quantitative estimate of drug-likeness (QED) is 0.509. The molecule has 26 heavy (non-hydrogen) atoms. The number of rotatable bonds is 5. The van der Waals surface area contributed by atoms with E-state index in [0.717, 1.165) is 29.3 Å². The first-order chi connectivity index (χ1) is 12.6. The number of halogens is 2. The summed E-state index contributed by atoms with van der Waals surface area (Å²) in [4.78, 5) is 9.15. The summed E-state index contributed by atoms with van der Waals surface area (Å²) in [5.74, 6) is 0.718. The van der Waals surface area contributed by atoms with E-state index in [9.17, 15) is 0 Å². The predicted octanol–water partition coefficient (Wildman–Crippen LogP) is 4.14. The van der Waals surface area contributed by atoms with Crippen LogP contribution in [0.25, 0.3) is 10.8 Å². The number of aromatic nitrogens is 2. The van der Waals surface area contributed by atoms with Gasteiger partial charge in [0, 0.05) is 30.9 Å². The van der Waals surface area contributed by atoms with Gasteiger partial charge in [-0.25, -0.2) is 4.99 Å². The number of hydrogen-bond donors (Lipinski definition) is 2. The highest BCUT2D eigenvalue weighted by Gasteiger charge is 2.09. The summed E-state index contributed by atoms with van der Waals surface area (Å²) in [6, 6.07) is 12.1. The van der Waals surface area contributed by atoms with E-state index >= 15 is 0 Å². The number of fused-ring (bicyclic) bond motifs is 1. The van der Waals surface area contributed by atoms with E-state index in [4.69, 9.17) is 23.2 Å². The lowest BCUT2D eigenvalue weighted by atomic mass is 10.1. The minimum absolute atomic E-state index is 0.491. The number of benzene rings is 1. The first-order valence-electron chi connectivity index (χ1n) is 8.44. The Morgan fingerprint density at radius 1 is 1.19 bits per heavy atom. The highest BCUT2D eigenvalue weighted by atomic mass is 35.5. The van der Waals surface area contributed by atoms with Gasteiger partial charge in [0.15, 0.2) is 5.96 Å². The minimum atomic E-state index is 0.491. The third-order valence-electron chi connectivity index (χ3n) is 4.14. The van der Waals surface area contributed by atoms with Gasteiger partial charge < -0.3 is 15.2 Å². The molecule has 0 aliphatic carbocycles. The minimum Gasteiger partial charge on any atom is -0.357 e. The Balaban J connectivity index is 1.75. The van der Waals surface area contributed by atoms with Crippen molar-refractivity contribution in [2.24, 2.45) is 12.0 Å². The second-order valence-corrected chi connectivity index (χ2v) is 6.63. The summed E-state index contributed by atoms with van der Waals surface area (Å²) in [5, 5.41) is 9.93. The van der Waals surface area contributed by atoms with Gasteiger partial charge in [-0.05, 0) is 24.4 Å². The van der Waals surface area contributed by atoms with Crippen LogP contribution in [0.3, 0.4) is 0 Å². The summed E-state index contributed by atoms with van der Waals surface area (Å²) < 4.78 is 1.85. The van der Waals surface area contributed by atoms with Crippen LogP contribution in [0.15, 0.2) is 47.6 Å². The summed E-state index contributed by atoms with van der Waals surface area (Å²) in [6.07, 6.45) is 1.82. The lowest BCUT2D eigenvalue weighted by Gasteiger charge is -2.12. The molecule has 0 amide bonds. The van der Waals surface area contributed by atoms with Crippen LogP contribution in [0.2, 0.25) is 10.2 Å². The molecule has 0 unspecified atom stereocenters. The van der Waals surface area contributed by atoms with Crippen LogP contribution in [-0.2, 0) is 20.1 Å². The molecule has 2 N–H and O–H groups in total. The zero-order chi connectivity index (χ0) is 18.5. The maximum atomic E-state index is 6.12. The average molecular weight is 390 g/mol. The van der Waals surface area contributed by atoms with E-state index in [1.54, 1.807) is 0 Å². The van der Waals surface area contributed by atoms with Crippen molar-refractivity contribution in [2.45, 2.75) is 20.0 Å². The fourth-order valence-corrected chi connectivity index (χ4v) is 3.15. The SMILES string of the molecule is CCNC(=NCc1nccc2ccccc12)NCc1cc(Cl)c(Cl)n1C. The molecule has 0 aliphatic heterocycles. The lowest BCUT2D eigenvalue weighted by Crippen LogP contribution is -2.37. The highest BCUT2D eigenvalue weighted by Crippen LogP contribution is 2.25. The van der Waals surface area contributed by atoms with Crippen molar-refractivity contribution >= 4 is 39.9 Å². The van der Waals surface area contributed by atoms with Crippen LogP contribution >= 0.6 is 23.2 Å². The summed E-state index contributed by atoms with van der Waals surface area (Å²) in [6.45, 7) is 3.86. The number of pyridine rings is 1. The number of aliphatic imine (C=N–C) groups is 1. The van der Waals surface area contributed by atoms with Crippen molar-refractivity contribution < 1.29 is 0 Å². The van der Waals surface area contributed by atoms with Crippen molar-refractivity contribution in [2.75, 3.05) is 6.54 Å². The number of guanidine groups is 1. The van der Waals surface area contributed by atoms with Crippen molar-refractivity contribution in [3.05, 3.63) is 64.2 Å². The van der Waals surface area contributed by atoms with Gasteiger partial charge in [-0.1, -0.05) is 47.5 Å². The molecular weight excluding hydrogens is 369 g/mol.